The average molecular weight is 438 g/mol. The van der Waals surface area contributed by atoms with Crippen LogP contribution in [0.2, 0.25) is 5.15 Å². The molecular weight excluding hydrogens is 422 g/mol. The Kier molecular flexibility index (Phi) is 5.92. The topological polar surface area (TPSA) is 80.3 Å². The van der Waals surface area contributed by atoms with Gasteiger partial charge in [0, 0.05) is 29.8 Å². The fourth-order valence-electron chi connectivity index (χ4n) is 2.69. The highest BCUT2D eigenvalue weighted by atomic mass is 35.5. The molecule has 0 atom stereocenters. The summed E-state index contributed by atoms with van der Waals surface area (Å²) in [6, 6.07) is 12.6. The molecule has 0 unspecified atom stereocenters. The Bertz CT molecular complexity index is 1150. The van der Waals surface area contributed by atoms with E-state index in [1.807, 2.05) is 23.6 Å². The number of para-hydroxylation sites is 2. The number of amides is 2. The highest BCUT2D eigenvalue weighted by molar-refractivity contribution is 7.11. The third kappa shape index (κ3) is 4.94. The van der Waals surface area contributed by atoms with Crippen LogP contribution < -0.4 is 15.4 Å². The molecule has 150 valence electrons. The minimum Gasteiger partial charge on any atom is -0.449 e. The SMILES string of the molecule is O=C(/C=C/c1csc(/C=C2\Oc3ccccc3NC2=O)c1)NCc1ccc(Cl)nc1. The number of ether oxygens (including phenoxy) is 1. The molecular formula is C22H16ClN3O3S. The number of anilines is 1. The van der Waals surface area contributed by atoms with Crippen LogP contribution in [0, 0.1) is 0 Å². The van der Waals surface area contributed by atoms with Gasteiger partial charge in [-0.05, 0) is 46.8 Å². The Balaban J connectivity index is 1.37. The first kappa shape index (κ1) is 19.9. The molecule has 2 amide bonds. The first-order valence-electron chi connectivity index (χ1n) is 9.01. The van der Waals surface area contributed by atoms with E-state index in [4.69, 9.17) is 16.3 Å². The van der Waals surface area contributed by atoms with Crippen LogP contribution in [-0.2, 0) is 16.1 Å². The summed E-state index contributed by atoms with van der Waals surface area (Å²) in [7, 11) is 0. The predicted molar refractivity (Wildman–Crippen MR) is 118 cm³/mol. The van der Waals surface area contributed by atoms with E-state index in [9.17, 15) is 9.59 Å². The van der Waals surface area contributed by atoms with Gasteiger partial charge in [-0.15, -0.1) is 11.3 Å². The minimum absolute atomic E-state index is 0.220. The second kappa shape index (κ2) is 8.94. The Hall–Kier alpha value is -3.42. The van der Waals surface area contributed by atoms with E-state index in [0.29, 0.717) is 23.1 Å². The highest BCUT2D eigenvalue weighted by Gasteiger charge is 2.21. The number of fused-ring (bicyclic) bond motifs is 1. The molecule has 2 N–H and O–H groups in total. The maximum Gasteiger partial charge on any atom is 0.291 e. The van der Waals surface area contributed by atoms with Crippen molar-refractivity contribution in [2.75, 3.05) is 5.32 Å². The third-order valence-electron chi connectivity index (χ3n) is 4.17. The van der Waals surface area contributed by atoms with Gasteiger partial charge in [0.15, 0.2) is 11.5 Å². The number of carbonyl (C=O) groups is 2. The number of aromatic nitrogens is 1. The minimum atomic E-state index is -0.296. The van der Waals surface area contributed by atoms with Crippen molar-refractivity contribution in [1.82, 2.24) is 10.3 Å². The summed E-state index contributed by atoms with van der Waals surface area (Å²) in [5.41, 5.74) is 2.36. The monoisotopic (exact) mass is 437 g/mol. The third-order valence-corrected chi connectivity index (χ3v) is 5.30. The molecule has 0 saturated carbocycles. The van der Waals surface area contributed by atoms with Gasteiger partial charge in [0.05, 0.1) is 5.69 Å². The second-order valence-corrected chi connectivity index (χ2v) is 7.71. The van der Waals surface area contributed by atoms with Crippen LogP contribution in [0.5, 0.6) is 5.75 Å². The summed E-state index contributed by atoms with van der Waals surface area (Å²) in [4.78, 5) is 29.0. The Morgan fingerprint density at radius 3 is 2.97 bits per heavy atom. The summed E-state index contributed by atoms with van der Waals surface area (Å²) < 4.78 is 5.70. The van der Waals surface area contributed by atoms with E-state index in [1.54, 1.807) is 42.6 Å². The van der Waals surface area contributed by atoms with Crippen molar-refractivity contribution in [2.24, 2.45) is 0 Å². The lowest BCUT2D eigenvalue weighted by molar-refractivity contribution is -0.116. The quantitative estimate of drug-likeness (QED) is 0.455. The molecule has 0 spiro atoms. The van der Waals surface area contributed by atoms with Crippen LogP contribution in [0.3, 0.4) is 0 Å². The van der Waals surface area contributed by atoms with Gasteiger partial charge in [-0.1, -0.05) is 29.8 Å². The summed E-state index contributed by atoms with van der Waals surface area (Å²) in [6.45, 7) is 0.363. The lowest BCUT2D eigenvalue weighted by atomic mass is 10.2. The first-order chi connectivity index (χ1) is 14.6. The van der Waals surface area contributed by atoms with E-state index >= 15 is 0 Å². The fourth-order valence-corrected chi connectivity index (χ4v) is 3.60. The number of rotatable bonds is 5. The van der Waals surface area contributed by atoms with Crippen LogP contribution >= 0.6 is 22.9 Å². The molecule has 2 aromatic heterocycles. The van der Waals surface area contributed by atoms with Crippen molar-refractivity contribution in [2.45, 2.75) is 6.54 Å². The number of pyridine rings is 1. The zero-order valence-corrected chi connectivity index (χ0v) is 17.2. The summed E-state index contributed by atoms with van der Waals surface area (Å²) in [5.74, 6) is 0.311. The molecule has 1 aromatic carbocycles. The van der Waals surface area contributed by atoms with Gasteiger partial charge < -0.3 is 15.4 Å². The average Bonchev–Trinajstić information content (AvgIpc) is 3.20. The summed E-state index contributed by atoms with van der Waals surface area (Å²) in [6.07, 6.45) is 6.47. The van der Waals surface area contributed by atoms with Gasteiger partial charge in [0.1, 0.15) is 5.15 Å². The van der Waals surface area contributed by atoms with Crippen LogP contribution in [0.25, 0.3) is 12.2 Å². The van der Waals surface area contributed by atoms with Crippen LogP contribution in [0.15, 0.2) is 65.9 Å². The van der Waals surface area contributed by atoms with Crippen molar-refractivity contribution in [3.8, 4) is 5.75 Å². The lowest BCUT2D eigenvalue weighted by Crippen LogP contribution is -2.23. The smallest absolute Gasteiger partial charge is 0.291 e. The Morgan fingerprint density at radius 1 is 1.27 bits per heavy atom. The molecule has 0 fully saturated rings. The molecule has 0 bridgehead atoms. The van der Waals surface area contributed by atoms with Gasteiger partial charge >= 0.3 is 0 Å². The first-order valence-corrected chi connectivity index (χ1v) is 10.3. The standard InChI is InChI=1S/C22H16ClN3O3S/c23-20-7-5-15(11-24-20)12-25-21(27)8-6-14-9-16(30-13-14)10-19-22(28)26-17-3-1-2-4-18(17)29-19/h1-11,13H,12H2,(H,25,27)(H,26,28)/b8-6+,19-10-. The van der Waals surface area contributed by atoms with E-state index in [1.165, 1.54) is 17.4 Å². The number of carbonyl (C=O) groups excluding carboxylic acids is 2. The number of thiophene rings is 1. The molecule has 8 heteroatoms. The Labute approximate surface area is 181 Å². The van der Waals surface area contributed by atoms with Crippen molar-refractivity contribution in [3.63, 3.8) is 0 Å². The van der Waals surface area contributed by atoms with Crippen LogP contribution in [0.1, 0.15) is 16.0 Å². The van der Waals surface area contributed by atoms with Gasteiger partial charge in [-0.3, -0.25) is 9.59 Å². The molecule has 30 heavy (non-hydrogen) atoms. The van der Waals surface area contributed by atoms with Crippen molar-refractivity contribution >= 4 is 52.6 Å². The molecule has 0 saturated heterocycles. The zero-order valence-electron chi connectivity index (χ0n) is 15.6. The Morgan fingerprint density at radius 2 is 2.13 bits per heavy atom. The molecule has 3 heterocycles. The maximum absolute atomic E-state index is 12.2. The van der Waals surface area contributed by atoms with Gasteiger partial charge in [-0.25, -0.2) is 4.98 Å². The number of hydrogen-bond acceptors (Lipinski definition) is 5. The van der Waals surface area contributed by atoms with E-state index in [0.717, 1.165) is 16.0 Å². The largest absolute Gasteiger partial charge is 0.449 e. The molecule has 3 aromatic rings. The van der Waals surface area contributed by atoms with Gasteiger partial charge in [-0.2, -0.15) is 0 Å². The van der Waals surface area contributed by atoms with Crippen LogP contribution in [0.4, 0.5) is 5.69 Å². The van der Waals surface area contributed by atoms with E-state index in [-0.39, 0.29) is 17.6 Å². The fraction of sp³-hybridized carbons (Fsp3) is 0.0455. The number of nitrogens with one attached hydrogen (secondary N) is 2. The number of nitrogens with zero attached hydrogens (tertiary/aromatic N) is 1. The molecule has 0 radical (unpaired) electrons. The van der Waals surface area contributed by atoms with E-state index in [2.05, 4.69) is 15.6 Å². The van der Waals surface area contributed by atoms with E-state index < -0.39 is 0 Å². The molecule has 4 rings (SSSR count). The number of hydrogen-bond donors (Lipinski definition) is 2. The number of halogens is 1. The highest BCUT2D eigenvalue weighted by Crippen LogP contribution is 2.31. The normalized spacial score (nSPS) is 14.3. The zero-order chi connectivity index (χ0) is 20.9. The maximum atomic E-state index is 12.2. The van der Waals surface area contributed by atoms with Gasteiger partial charge in [0.2, 0.25) is 5.91 Å². The van der Waals surface area contributed by atoms with Gasteiger partial charge in [0.25, 0.3) is 5.91 Å². The molecule has 1 aliphatic rings. The molecule has 6 nitrogen and oxygen atoms in total. The summed E-state index contributed by atoms with van der Waals surface area (Å²) >= 11 is 7.19. The molecule has 1 aliphatic heterocycles. The van der Waals surface area contributed by atoms with Crippen molar-refractivity contribution < 1.29 is 14.3 Å². The van der Waals surface area contributed by atoms with Crippen LogP contribution in [-0.4, -0.2) is 16.8 Å². The number of benzene rings is 1. The summed E-state index contributed by atoms with van der Waals surface area (Å²) in [5, 5.41) is 7.89. The van der Waals surface area contributed by atoms with Crippen molar-refractivity contribution in [1.29, 1.82) is 0 Å². The lowest BCUT2D eigenvalue weighted by Gasteiger charge is -2.19. The van der Waals surface area contributed by atoms with Crippen molar-refractivity contribution in [3.05, 3.63) is 87.0 Å². The predicted octanol–water partition coefficient (Wildman–Crippen LogP) is 4.50. The molecule has 0 aliphatic carbocycles. The second-order valence-electron chi connectivity index (χ2n) is 6.38.